The highest BCUT2D eigenvalue weighted by atomic mass is 16.3. The van der Waals surface area contributed by atoms with Crippen LogP contribution in [0.5, 0.6) is 0 Å². The predicted octanol–water partition coefficient (Wildman–Crippen LogP) is 2.41. The quantitative estimate of drug-likeness (QED) is 0.758. The topological polar surface area (TPSA) is 23.5 Å². The lowest BCUT2D eigenvalue weighted by Crippen LogP contribution is -2.49. The van der Waals surface area contributed by atoms with Gasteiger partial charge in [-0.25, -0.2) is 0 Å². The van der Waals surface area contributed by atoms with Crippen molar-refractivity contribution in [3.8, 4) is 0 Å². The third kappa shape index (κ3) is 2.36. The minimum atomic E-state index is -0.0573. The average Bonchev–Trinajstić information content (AvgIpc) is 2.67. The summed E-state index contributed by atoms with van der Waals surface area (Å²) in [6.07, 6.45) is 7.36. The second-order valence-electron chi connectivity index (χ2n) is 5.61. The van der Waals surface area contributed by atoms with Crippen LogP contribution in [0.3, 0.4) is 0 Å². The van der Waals surface area contributed by atoms with Crippen molar-refractivity contribution < 1.29 is 5.11 Å². The van der Waals surface area contributed by atoms with Crippen LogP contribution in [-0.2, 0) is 0 Å². The molecule has 1 saturated heterocycles. The molecule has 0 radical (unpaired) electrons. The Balaban J connectivity index is 2.01. The van der Waals surface area contributed by atoms with Crippen LogP contribution in [0.2, 0.25) is 0 Å². The second-order valence-corrected chi connectivity index (χ2v) is 5.61. The molecule has 1 unspecified atom stereocenters. The summed E-state index contributed by atoms with van der Waals surface area (Å²) < 4.78 is 0. The Bertz CT molecular complexity index is 205. The number of aliphatic hydroxyl groups excluding tert-OH is 1. The van der Waals surface area contributed by atoms with Gasteiger partial charge >= 0.3 is 0 Å². The van der Waals surface area contributed by atoms with Crippen molar-refractivity contribution in [1.82, 2.24) is 4.90 Å². The van der Waals surface area contributed by atoms with Crippen LogP contribution in [0.25, 0.3) is 0 Å². The molecule has 2 aliphatic rings. The molecular formula is C13H25NO. The van der Waals surface area contributed by atoms with Gasteiger partial charge in [0, 0.05) is 12.1 Å². The highest BCUT2D eigenvalue weighted by Crippen LogP contribution is 2.32. The van der Waals surface area contributed by atoms with Crippen LogP contribution in [0.4, 0.5) is 0 Å². The monoisotopic (exact) mass is 211 g/mol. The van der Waals surface area contributed by atoms with Crippen LogP contribution in [0.1, 0.15) is 52.4 Å². The molecule has 2 rings (SSSR count). The van der Waals surface area contributed by atoms with E-state index in [1.807, 2.05) is 0 Å². The van der Waals surface area contributed by atoms with E-state index in [1.165, 1.54) is 38.6 Å². The summed E-state index contributed by atoms with van der Waals surface area (Å²) in [6, 6.07) is 1.19. The number of nitrogens with zero attached hydrogens (tertiary/aromatic N) is 1. The van der Waals surface area contributed by atoms with Gasteiger partial charge in [0.1, 0.15) is 0 Å². The van der Waals surface area contributed by atoms with Crippen molar-refractivity contribution >= 4 is 0 Å². The molecule has 0 amide bonds. The van der Waals surface area contributed by atoms with Gasteiger partial charge in [0.25, 0.3) is 0 Å². The zero-order chi connectivity index (χ0) is 10.8. The molecule has 1 aliphatic carbocycles. The molecule has 3 atom stereocenters. The van der Waals surface area contributed by atoms with Gasteiger partial charge in [0.2, 0.25) is 0 Å². The molecule has 1 saturated carbocycles. The maximum Gasteiger partial charge on any atom is 0.0695 e. The summed E-state index contributed by atoms with van der Waals surface area (Å²) in [6.45, 7) is 5.85. The van der Waals surface area contributed by atoms with Gasteiger partial charge in [-0.1, -0.05) is 26.7 Å². The van der Waals surface area contributed by atoms with Gasteiger partial charge in [0.15, 0.2) is 0 Å². The fraction of sp³-hybridized carbons (Fsp3) is 1.00. The zero-order valence-electron chi connectivity index (χ0n) is 10.2. The lowest BCUT2D eigenvalue weighted by molar-refractivity contribution is 0.00528. The van der Waals surface area contributed by atoms with Gasteiger partial charge in [-0.2, -0.15) is 0 Å². The van der Waals surface area contributed by atoms with E-state index in [2.05, 4.69) is 18.7 Å². The number of rotatable bonds is 2. The first-order chi connectivity index (χ1) is 7.20. The highest BCUT2D eigenvalue weighted by Gasteiger charge is 2.36. The van der Waals surface area contributed by atoms with E-state index >= 15 is 0 Å². The lowest BCUT2D eigenvalue weighted by atomic mass is 9.89. The maximum atomic E-state index is 10.1. The number of aliphatic hydroxyl groups is 1. The molecule has 1 heterocycles. The maximum absolute atomic E-state index is 10.1. The summed E-state index contributed by atoms with van der Waals surface area (Å²) in [7, 11) is 0. The van der Waals surface area contributed by atoms with Crippen LogP contribution < -0.4 is 0 Å². The molecule has 2 nitrogen and oxygen atoms in total. The van der Waals surface area contributed by atoms with Crippen molar-refractivity contribution in [1.29, 1.82) is 0 Å². The van der Waals surface area contributed by atoms with E-state index in [0.29, 0.717) is 6.04 Å². The summed E-state index contributed by atoms with van der Waals surface area (Å²) in [4.78, 5) is 2.61. The molecular weight excluding hydrogens is 186 g/mol. The Morgan fingerprint density at radius 2 is 1.80 bits per heavy atom. The molecule has 2 heteroatoms. The standard InChI is InChI=1S/C13H25NO/c1-10(2)11-7-5-9-14(11)12-6-3-4-8-13(12)15/h10-13,15H,3-9H2,1-2H3/t11?,12-,13-/m1/s1. The van der Waals surface area contributed by atoms with Crippen LogP contribution in [0, 0.1) is 5.92 Å². The van der Waals surface area contributed by atoms with Gasteiger partial charge in [0.05, 0.1) is 6.10 Å². The second kappa shape index (κ2) is 4.84. The van der Waals surface area contributed by atoms with Crippen molar-refractivity contribution in [3.63, 3.8) is 0 Å². The molecule has 0 aromatic carbocycles. The van der Waals surface area contributed by atoms with Gasteiger partial charge in [-0.3, -0.25) is 4.90 Å². The van der Waals surface area contributed by atoms with Gasteiger partial charge < -0.3 is 5.11 Å². The molecule has 2 fully saturated rings. The van der Waals surface area contributed by atoms with Gasteiger partial charge in [-0.15, -0.1) is 0 Å². The molecule has 1 N–H and O–H groups in total. The largest absolute Gasteiger partial charge is 0.391 e. The summed E-state index contributed by atoms with van der Waals surface area (Å²) in [5, 5.41) is 10.1. The van der Waals surface area contributed by atoms with E-state index < -0.39 is 0 Å². The van der Waals surface area contributed by atoms with E-state index in [1.54, 1.807) is 0 Å². The predicted molar refractivity (Wildman–Crippen MR) is 62.8 cm³/mol. The first-order valence-corrected chi connectivity index (χ1v) is 6.64. The molecule has 1 aliphatic heterocycles. The van der Waals surface area contributed by atoms with Crippen LogP contribution in [-0.4, -0.2) is 34.7 Å². The number of hydrogen-bond donors (Lipinski definition) is 1. The first-order valence-electron chi connectivity index (χ1n) is 6.64. The number of likely N-dealkylation sites (tertiary alicyclic amines) is 1. The van der Waals surface area contributed by atoms with Crippen molar-refractivity contribution in [2.75, 3.05) is 6.54 Å². The first kappa shape index (κ1) is 11.4. The Hall–Kier alpha value is -0.0800. The van der Waals surface area contributed by atoms with Crippen molar-refractivity contribution in [2.24, 2.45) is 5.92 Å². The van der Waals surface area contributed by atoms with Crippen LogP contribution in [0.15, 0.2) is 0 Å². The third-order valence-corrected chi connectivity index (χ3v) is 4.23. The lowest BCUT2D eigenvalue weighted by Gasteiger charge is -2.40. The molecule has 0 aromatic rings. The Morgan fingerprint density at radius 3 is 2.47 bits per heavy atom. The smallest absolute Gasteiger partial charge is 0.0695 e. The SMILES string of the molecule is CC(C)C1CCCN1[C@@H]1CCCC[C@H]1O. The van der Waals surface area contributed by atoms with Crippen molar-refractivity contribution in [2.45, 2.75) is 70.6 Å². The zero-order valence-corrected chi connectivity index (χ0v) is 10.2. The summed E-state index contributed by atoms with van der Waals surface area (Å²) >= 11 is 0. The van der Waals surface area contributed by atoms with Crippen LogP contribution >= 0.6 is 0 Å². The fourth-order valence-electron chi connectivity index (χ4n) is 3.42. The van der Waals surface area contributed by atoms with E-state index in [-0.39, 0.29) is 6.10 Å². The Kier molecular flexibility index (Phi) is 3.68. The molecule has 0 aromatic heterocycles. The normalized spacial score (nSPS) is 38.8. The minimum absolute atomic E-state index is 0.0573. The molecule has 0 spiro atoms. The third-order valence-electron chi connectivity index (χ3n) is 4.23. The number of hydrogen-bond acceptors (Lipinski definition) is 2. The van der Waals surface area contributed by atoms with E-state index in [4.69, 9.17) is 0 Å². The molecule has 0 bridgehead atoms. The summed E-state index contributed by atoms with van der Waals surface area (Å²) in [5.41, 5.74) is 0. The van der Waals surface area contributed by atoms with Gasteiger partial charge in [-0.05, 0) is 38.1 Å². The molecule has 15 heavy (non-hydrogen) atoms. The van der Waals surface area contributed by atoms with Crippen molar-refractivity contribution in [3.05, 3.63) is 0 Å². The summed E-state index contributed by atoms with van der Waals surface area (Å²) in [5.74, 6) is 0.738. The highest BCUT2D eigenvalue weighted by molar-refractivity contribution is 4.91. The van der Waals surface area contributed by atoms with E-state index in [9.17, 15) is 5.11 Å². The Morgan fingerprint density at radius 1 is 1.07 bits per heavy atom. The minimum Gasteiger partial charge on any atom is -0.391 e. The Labute approximate surface area is 93.7 Å². The van der Waals surface area contributed by atoms with E-state index in [0.717, 1.165) is 18.4 Å². The fourth-order valence-corrected chi connectivity index (χ4v) is 3.42. The average molecular weight is 211 g/mol. The molecule has 88 valence electrons.